The Labute approximate surface area is 152 Å². The monoisotopic (exact) mass is 393 g/mol. The molecular formula is C16H19ClF3N3O3. The van der Waals surface area contributed by atoms with Crippen molar-refractivity contribution in [2.45, 2.75) is 51.4 Å². The summed E-state index contributed by atoms with van der Waals surface area (Å²) in [6, 6.07) is -0.308. The molecule has 1 saturated carbocycles. The van der Waals surface area contributed by atoms with Gasteiger partial charge in [0.1, 0.15) is 11.6 Å². The number of halogens is 4. The lowest BCUT2D eigenvalue weighted by molar-refractivity contribution is -0.138. The summed E-state index contributed by atoms with van der Waals surface area (Å²) in [6.45, 7) is 1.24. The van der Waals surface area contributed by atoms with Gasteiger partial charge in [-0.3, -0.25) is 14.9 Å². The van der Waals surface area contributed by atoms with Crippen LogP contribution in [0.2, 0.25) is 5.02 Å². The van der Waals surface area contributed by atoms with Crippen LogP contribution in [0.15, 0.2) is 17.1 Å². The van der Waals surface area contributed by atoms with Crippen molar-refractivity contribution in [2.75, 3.05) is 0 Å². The van der Waals surface area contributed by atoms with E-state index in [0.29, 0.717) is 16.8 Å². The maximum atomic E-state index is 12.8. The Morgan fingerprint density at radius 3 is 2.58 bits per heavy atom. The van der Waals surface area contributed by atoms with Crippen LogP contribution in [0, 0.1) is 5.92 Å². The molecule has 144 valence electrons. The van der Waals surface area contributed by atoms with E-state index in [1.54, 1.807) is 0 Å². The zero-order valence-electron chi connectivity index (χ0n) is 14.0. The van der Waals surface area contributed by atoms with E-state index in [0.717, 1.165) is 25.7 Å². The number of carbonyl (C=O) groups is 2. The predicted molar refractivity (Wildman–Crippen MR) is 88.8 cm³/mol. The summed E-state index contributed by atoms with van der Waals surface area (Å²) in [5, 5.41) is 4.05. The SMILES string of the molecule is CC1CCCCC1NC(=O)NC(=O)Cn1cc(C(F)(F)F)cc(Cl)c1=O. The maximum absolute atomic E-state index is 12.8. The summed E-state index contributed by atoms with van der Waals surface area (Å²) >= 11 is 5.51. The largest absolute Gasteiger partial charge is 0.417 e. The van der Waals surface area contributed by atoms with E-state index in [4.69, 9.17) is 11.6 Å². The molecule has 1 heterocycles. The van der Waals surface area contributed by atoms with Gasteiger partial charge in [0.05, 0.1) is 5.56 Å². The van der Waals surface area contributed by atoms with Crippen molar-refractivity contribution >= 4 is 23.5 Å². The summed E-state index contributed by atoms with van der Waals surface area (Å²) in [4.78, 5) is 35.6. The van der Waals surface area contributed by atoms with Gasteiger partial charge in [0.25, 0.3) is 5.56 Å². The maximum Gasteiger partial charge on any atom is 0.417 e. The standard InChI is InChI=1S/C16H19ClF3N3O3/c1-9-4-2-3-5-12(9)21-15(26)22-13(24)8-23-7-10(16(18,19)20)6-11(17)14(23)25/h6-7,9,12H,2-5,8H2,1H3,(H2,21,22,24,26). The van der Waals surface area contributed by atoms with Gasteiger partial charge in [-0.15, -0.1) is 0 Å². The Kier molecular flexibility index (Phi) is 6.33. The quantitative estimate of drug-likeness (QED) is 0.828. The van der Waals surface area contributed by atoms with Crippen LogP contribution in [-0.2, 0) is 17.5 Å². The fourth-order valence-corrected chi connectivity index (χ4v) is 3.15. The van der Waals surface area contributed by atoms with E-state index < -0.39 is 40.8 Å². The summed E-state index contributed by atoms with van der Waals surface area (Å²) in [5.41, 5.74) is -2.11. The second kappa shape index (κ2) is 8.11. The molecule has 2 unspecified atom stereocenters. The van der Waals surface area contributed by atoms with Crippen LogP contribution in [-0.4, -0.2) is 22.5 Å². The third kappa shape index (κ3) is 5.23. The molecule has 2 N–H and O–H groups in total. The van der Waals surface area contributed by atoms with Gasteiger partial charge in [-0.1, -0.05) is 31.4 Å². The van der Waals surface area contributed by atoms with Crippen LogP contribution in [0.3, 0.4) is 0 Å². The van der Waals surface area contributed by atoms with Crippen LogP contribution in [0.1, 0.15) is 38.2 Å². The number of hydrogen-bond donors (Lipinski definition) is 2. The van der Waals surface area contributed by atoms with E-state index in [9.17, 15) is 27.6 Å². The van der Waals surface area contributed by atoms with Crippen molar-refractivity contribution in [3.05, 3.63) is 33.2 Å². The Morgan fingerprint density at radius 1 is 1.31 bits per heavy atom. The summed E-state index contributed by atoms with van der Waals surface area (Å²) < 4.78 is 38.9. The number of urea groups is 1. The number of amides is 3. The molecular weight excluding hydrogens is 375 g/mol. The van der Waals surface area contributed by atoms with Crippen molar-refractivity contribution in [1.29, 1.82) is 0 Å². The molecule has 0 aromatic carbocycles. The number of carbonyl (C=O) groups excluding carboxylic acids is 2. The van der Waals surface area contributed by atoms with Crippen LogP contribution in [0.4, 0.5) is 18.0 Å². The zero-order chi connectivity index (χ0) is 19.5. The van der Waals surface area contributed by atoms with E-state index in [1.165, 1.54) is 0 Å². The highest BCUT2D eigenvalue weighted by Gasteiger charge is 2.32. The first-order valence-corrected chi connectivity index (χ1v) is 8.53. The fourth-order valence-electron chi connectivity index (χ4n) is 2.93. The fraction of sp³-hybridized carbons (Fsp3) is 0.562. The van der Waals surface area contributed by atoms with Gasteiger partial charge in [-0.05, 0) is 24.8 Å². The normalized spacial score (nSPS) is 20.5. The molecule has 1 aromatic rings. The van der Waals surface area contributed by atoms with Crippen LogP contribution < -0.4 is 16.2 Å². The van der Waals surface area contributed by atoms with Crippen molar-refractivity contribution in [1.82, 2.24) is 15.2 Å². The van der Waals surface area contributed by atoms with E-state index in [1.807, 2.05) is 12.2 Å². The van der Waals surface area contributed by atoms with Gasteiger partial charge in [0.2, 0.25) is 5.91 Å². The van der Waals surface area contributed by atoms with Gasteiger partial charge in [-0.2, -0.15) is 13.2 Å². The molecule has 6 nitrogen and oxygen atoms in total. The first-order chi connectivity index (χ1) is 12.1. The van der Waals surface area contributed by atoms with Crippen LogP contribution in [0.5, 0.6) is 0 Å². The second-order valence-corrected chi connectivity index (χ2v) is 6.80. The molecule has 0 radical (unpaired) electrons. The average Bonchev–Trinajstić information content (AvgIpc) is 2.52. The molecule has 1 fully saturated rings. The average molecular weight is 394 g/mol. The molecule has 0 aliphatic heterocycles. The second-order valence-electron chi connectivity index (χ2n) is 6.40. The Balaban J connectivity index is 2.02. The molecule has 0 saturated heterocycles. The minimum atomic E-state index is -4.72. The molecule has 1 aliphatic carbocycles. The lowest BCUT2D eigenvalue weighted by Crippen LogP contribution is -2.48. The number of imide groups is 1. The highest BCUT2D eigenvalue weighted by atomic mass is 35.5. The number of aromatic nitrogens is 1. The molecule has 2 atom stereocenters. The van der Waals surface area contributed by atoms with Gasteiger partial charge in [0.15, 0.2) is 0 Å². The summed E-state index contributed by atoms with van der Waals surface area (Å²) in [7, 11) is 0. The summed E-state index contributed by atoms with van der Waals surface area (Å²) in [6.07, 6.45) is -0.401. The molecule has 2 rings (SSSR count). The van der Waals surface area contributed by atoms with Gasteiger partial charge in [0, 0.05) is 12.2 Å². The molecule has 10 heteroatoms. The Hall–Kier alpha value is -2.03. The van der Waals surface area contributed by atoms with Crippen molar-refractivity contribution in [3.8, 4) is 0 Å². The Bertz CT molecular complexity index is 748. The van der Waals surface area contributed by atoms with Crippen molar-refractivity contribution in [3.63, 3.8) is 0 Å². The Morgan fingerprint density at radius 2 is 1.96 bits per heavy atom. The number of nitrogens with zero attached hydrogens (tertiary/aromatic N) is 1. The third-order valence-electron chi connectivity index (χ3n) is 4.36. The van der Waals surface area contributed by atoms with E-state index in [2.05, 4.69) is 5.32 Å². The molecule has 26 heavy (non-hydrogen) atoms. The van der Waals surface area contributed by atoms with E-state index in [-0.39, 0.29) is 12.0 Å². The molecule has 1 aliphatic rings. The van der Waals surface area contributed by atoms with E-state index >= 15 is 0 Å². The third-order valence-corrected chi connectivity index (χ3v) is 4.64. The number of nitrogens with one attached hydrogen (secondary N) is 2. The first kappa shape index (κ1) is 20.3. The predicted octanol–water partition coefficient (Wildman–Crippen LogP) is 2.93. The minimum Gasteiger partial charge on any atom is -0.335 e. The van der Waals surface area contributed by atoms with Crippen LogP contribution in [0.25, 0.3) is 0 Å². The molecule has 0 spiro atoms. The minimum absolute atomic E-state index is 0.0673. The topological polar surface area (TPSA) is 80.2 Å². The molecule has 3 amide bonds. The lowest BCUT2D eigenvalue weighted by Gasteiger charge is -2.29. The number of hydrogen-bond acceptors (Lipinski definition) is 3. The number of pyridine rings is 1. The molecule has 0 bridgehead atoms. The van der Waals surface area contributed by atoms with Gasteiger partial charge < -0.3 is 9.88 Å². The zero-order valence-corrected chi connectivity index (χ0v) is 14.8. The van der Waals surface area contributed by atoms with Gasteiger partial charge >= 0.3 is 12.2 Å². The van der Waals surface area contributed by atoms with Crippen molar-refractivity contribution in [2.24, 2.45) is 5.92 Å². The smallest absolute Gasteiger partial charge is 0.335 e. The van der Waals surface area contributed by atoms with Crippen molar-refractivity contribution < 1.29 is 22.8 Å². The summed E-state index contributed by atoms with van der Waals surface area (Å²) in [5.74, 6) is -0.641. The van der Waals surface area contributed by atoms with Gasteiger partial charge in [-0.25, -0.2) is 4.79 Å². The highest BCUT2D eigenvalue weighted by Crippen LogP contribution is 2.29. The number of rotatable bonds is 3. The first-order valence-electron chi connectivity index (χ1n) is 8.15. The molecule has 1 aromatic heterocycles. The highest BCUT2D eigenvalue weighted by molar-refractivity contribution is 6.30. The van der Waals surface area contributed by atoms with Crippen LogP contribution >= 0.6 is 11.6 Å². The number of alkyl halides is 3. The lowest BCUT2D eigenvalue weighted by atomic mass is 9.86.